The number of pyridine rings is 1. The van der Waals surface area contributed by atoms with Crippen LogP contribution < -0.4 is 10.1 Å². The van der Waals surface area contributed by atoms with E-state index in [1.807, 2.05) is 24.4 Å². The Morgan fingerprint density at radius 1 is 1.24 bits per heavy atom. The van der Waals surface area contributed by atoms with Gasteiger partial charge in [0.2, 0.25) is 0 Å². The van der Waals surface area contributed by atoms with Gasteiger partial charge in [-0.15, -0.1) is 0 Å². The number of ether oxygens (including phenoxy) is 1. The topological polar surface area (TPSA) is 34.1 Å². The number of likely N-dealkylation sites (N-methyl/N-ethyl adjacent to an activating group) is 1. The third kappa shape index (κ3) is 3.18. The zero-order valence-electron chi connectivity index (χ0n) is 12.9. The van der Waals surface area contributed by atoms with Crippen molar-refractivity contribution in [1.82, 2.24) is 10.3 Å². The van der Waals surface area contributed by atoms with Gasteiger partial charge in [-0.2, -0.15) is 0 Å². The highest BCUT2D eigenvalue weighted by molar-refractivity contribution is 5.84. The number of rotatable bonds is 4. The number of para-hydroxylation sites is 1. The van der Waals surface area contributed by atoms with E-state index in [0.717, 1.165) is 35.5 Å². The Morgan fingerprint density at radius 3 is 2.95 bits per heavy atom. The Bertz CT molecular complexity index is 593. The van der Waals surface area contributed by atoms with Gasteiger partial charge in [0.05, 0.1) is 0 Å². The van der Waals surface area contributed by atoms with Gasteiger partial charge in [-0.3, -0.25) is 4.98 Å². The van der Waals surface area contributed by atoms with E-state index < -0.39 is 0 Å². The van der Waals surface area contributed by atoms with Crippen LogP contribution in [0.4, 0.5) is 0 Å². The van der Waals surface area contributed by atoms with Crippen molar-refractivity contribution < 1.29 is 4.74 Å². The summed E-state index contributed by atoms with van der Waals surface area (Å²) in [5.74, 6) is 1.64. The summed E-state index contributed by atoms with van der Waals surface area (Å²) in [6, 6.07) is 10.7. The maximum Gasteiger partial charge on any atom is 0.146 e. The van der Waals surface area contributed by atoms with Crippen LogP contribution in [0.25, 0.3) is 10.9 Å². The second kappa shape index (κ2) is 6.44. The highest BCUT2D eigenvalue weighted by atomic mass is 16.5. The second-order valence-corrected chi connectivity index (χ2v) is 6.07. The van der Waals surface area contributed by atoms with Crippen molar-refractivity contribution in [3.8, 4) is 5.75 Å². The zero-order valence-corrected chi connectivity index (χ0v) is 12.9. The van der Waals surface area contributed by atoms with Crippen LogP contribution in [0.3, 0.4) is 0 Å². The first-order valence-electron chi connectivity index (χ1n) is 8.01. The number of hydrogen-bond acceptors (Lipinski definition) is 3. The minimum atomic E-state index is 0.237. The minimum Gasteiger partial charge on any atom is -0.487 e. The fourth-order valence-corrected chi connectivity index (χ4v) is 3.29. The fraction of sp³-hybridized carbons (Fsp3) is 0.500. The Hall–Kier alpha value is -1.61. The molecule has 1 heterocycles. The van der Waals surface area contributed by atoms with Gasteiger partial charge in [-0.05, 0) is 43.9 Å². The smallest absolute Gasteiger partial charge is 0.146 e. The second-order valence-electron chi connectivity index (χ2n) is 6.07. The first-order valence-corrected chi connectivity index (χ1v) is 8.01. The molecule has 3 nitrogen and oxygen atoms in total. The number of benzene rings is 1. The van der Waals surface area contributed by atoms with E-state index in [0.29, 0.717) is 6.04 Å². The molecular formula is C18H24N2O. The molecule has 21 heavy (non-hydrogen) atoms. The molecule has 0 bridgehead atoms. The summed E-state index contributed by atoms with van der Waals surface area (Å²) in [6.07, 6.45) is 5.66. The predicted molar refractivity (Wildman–Crippen MR) is 86.6 cm³/mol. The molecule has 3 atom stereocenters. The van der Waals surface area contributed by atoms with E-state index in [1.54, 1.807) is 0 Å². The number of hydrogen-bond donors (Lipinski definition) is 1. The van der Waals surface area contributed by atoms with Crippen molar-refractivity contribution in [3.63, 3.8) is 0 Å². The van der Waals surface area contributed by atoms with Gasteiger partial charge < -0.3 is 10.1 Å². The van der Waals surface area contributed by atoms with E-state index in [4.69, 9.17) is 4.74 Å². The van der Waals surface area contributed by atoms with Crippen LogP contribution in [-0.2, 0) is 0 Å². The highest BCUT2D eigenvalue weighted by Gasteiger charge is 2.30. The molecule has 1 aliphatic carbocycles. The van der Waals surface area contributed by atoms with Gasteiger partial charge in [0, 0.05) is 17.6 Å². The molecule has 3 unspecified atom stereocenters. The molecule has 0 spiro atoms. The SMILES string of the molecule is CCNC1CCC(C)CC1Oc1cccc2cccnc12. The van der Waals surface area contributed by atoms with Crippen LogP contribution >= 0.6 is 0 Å². The van der Waals surface area contributed by atoms with Crippen LogP contribution in [0.5, 0.6) is 5.75 Å². The van der Waals surface area contributed by atoms with E-state index in [2.05, 4.69) is 36.3 Å². The first-order chi connectivity index (χ1) is 10.3. The van der Waals surface area contributed by atoms with Crippen LogP contribution in [-0.4, -0.2) is 23.7 Å². The summed E-state index contributed by atoms with van der Waals surface area (Å²) in [5.41, 5.74) is 0.966. The third-order valence-corrected chi connectivity index (χ3v) is 4.39. The van der Waals surface area contributed by atoms with Crippen molar-refractivity contribution in [3.05, 3.63) is 36.5 Å². The zero-order chi connectivity index (χ0) is 14.7. The predicted octanol–water partition coefficient (Wildman–Crippen LogP) is 3.78. The molecule has 0 saturated heterocycles. The van der Waals surface area contributed by atoms with Gasteiger partial charge in [-0.1, -0.05) is 32.0 Å². The Balaban J connectivity index is 1.85. The number of aromatic nitrogens is 1. The quantitative estimate of drug-likeness (QED) is 0.927. The van der Waals surface area contributed by atoms with Gasteiger partial charge in [-0.25, -0.2) is 0 Å². The van der Waals surface area contributed by atoms with Crippen LogP contribution in [0.1, 0.15) is 33.1 Å². The molecule has 0 radical (unpaired) electrons. The van der Waals surface area contributed by atoms with Gasteiger partial charge in [0.15, 0.2) is 0 Å². The molecule has 112 valence electrons. The molecular weight excluding hydrogens is 260 g/mol. The van der Waals surface area contributed by atoms with Crippen molar-refractivity contribution in [2.24, 2.45) is 5.92 Å². The molecule has 1 aromatic heterocycles. The highest BCUT2D eigenvalue weighted by Crippen LogP contribution is 2.30. The van der Waals surface area contributed by atoms with E-state index in [1.165, 1.54) is 12.8 Å². The minimum absolute atomic E-state index is 0.237. The van der Waals surface area contributed by atoms with Gasteiger partial charge >= 0.3 is 0 Å². The standard InChI is InChI=1S/C18H24N2O/c1-3-19-15-10-9-13(2)12-17(15)21-16-8-4-6-14-7-5-11-20-18(14)16/h4-8,11,13,15,17,19H,3,9-10,12H2,1-2H3. The Labute approximate surface area is 126 Å². The lowest BCUT2D eigenvalue weighted by Crippen LogP contribution is -2.46. The summed E-state index contributed by atoms with van der Waals surface area (Å²) in [7, 11) is 0. The maximum atomic E-state index is 6.38. The van der Waals surface area contributed by atoms with Crippen molar-refractivity contribution in [2.45, 2.75) is 45.3 Å². The van der Waals surface area contributed by atoms with Crippen molar-refractivity contribution in [2.75, 3.05) is 6.54 Å². The van der Waals surface area contributed by atoms with E-state index in [9.17, 15) is 0 Å². The molecule has 1 aromatic carbocycles. The first kappa shape index (κ1) is 14.3. The summed E-state index contributed by atoms with van der Waals surface area (Å²) in [4.78, 5) is 4.49. The lowest BCUT2D eigenvalue weighted by molar-refractivity contribution is 0.0928. The monoisotopic (exact) mass is 284 g/mol. The van der Waals surface area contributed by atoms with E-state index >= 15 is 0 Å². The average molecular weight is 284 g/mol. The van der Waals surface area contributed by atoms with Gasteiger partial charge in [0.25, 0.3) is 0 Å². The number of nitrogens with one attached hydrogen (secondary N) is 1. The maximum absolute atomic E-state index is 6.38. The molecule has 1 fully saturated rings. The Morgan fingerprint density at radius 2 is 2.10 bits per heavy atom. The molecule has 0 aliphatic heterocycles. The van der Waals surface area contributed by atoms with Crippen LogP contribution in [0.2, 0.25) is 0 Å². The summed E-state index contributed by atoms with van der Waals surface area (Å²) in [6.45, 7) is 5.47. The van der Waals surface area contributed by atoms with E-state index in [-0.39, 0.29) is 6.10 Å². The van der Waals surface area contributed by atoms with Crippen LogP contribution in [0.15, 0.2) is 36.5 Å². The summed E-state index contributed by atoms with van der Waals surface area (Å²) in [5, 5.41) is 4.72. The molecule has 1 saturated carbocycles. The summed E-state index contributed by atoms with van der Waals surface area (Å²) < 4.78 is 6.38. The molecule has 0 amide bonds. The Kier molecular flexibility index (Phi) is 4.39. The lowest BCUT2D eigenvalue weighted by Gasteiger charge is -2.35. The van der Waals surface area contributed by atoms with Gasteiger partial charge in [0.1, 0.15) is 17.4 Å². The third-order valence-electron chi connectivity index (χ3n) is 4.39. The largest absolute Gasteiger partial charge is 0.487 e. The van der Waals surface area contributed by atoms with Crippen LogP contribution in [0, 0.1) is 5.92 Å². The van der Waals surface area contributed by atoms with Crippen molar-refractivity contribution >= 4 is 10.9 Å². The average Bonchev–Trinajstić information content (AvgIpc) is 2.50. The number of nitrogens with zero attached hydrogens (tertiary/aromatic N) is 1. The number of fused-ring (bicyclic) bond motifs is 1. The fourth-order valence-electron chi connectivity index (χ4n) is 3.29. The van der Waals surface area contributed by atoms with Crippen molar-refractivity contribution in [1.29, 1.82) is 0 Å². The molecule has 3 rings (SSSR count). The molecule has 1 N–H and O–H groups in total. The molecule has 2 aromatic rings. The molecule has 1 aliphatic rings. The summed E-state index contributed by atoms with van der Waals surface area (Å²) >= 11 is 0. The molecule has 3 heteroatoms. The lowest BCUT2D eigenvalue weighted by atomic mass is 9.85. The normalized spacial score (nSPS) is 25.9.